The molecule has 55 heavy (non-hydrogen) atoms. The Bertz CT molecular complexity index is 3240. The van der Waals surface area contributed by atoms with Crippen LogP contribution < -0.4 is 0 Å². The van der Waals surface area contributed by atoms with Crippen molar-refractivity contribution in [2.45, 2.75) is 0 Å². The Balaban J connectivity index is 1.24. The van der Waals surface area contributed by atoms with Gasteiger partial charge in [0.1, 0.15) is 11.2 Å². The third-order valence-electron chi connectivity index (χ3n) is 10.7. The highest BCUT2D eigenvalue weighted by molar-refractivity contribution is 6.34. The predicted molar refractivity (Wildman–Crippen MR) is 227 cm³/mol. The summed E-state index contributed by atoms with van der Waals surface area (Å²) in [6.45, 7) is 0. The first-order chi connectivity index (χ1) is 27.3. The number of hydrogen-bond acceptors (Lipinski definition) is 4. The number of rotatable bonds is 5. The Morgan fingerprint density at radius 3 is 1.53 bits per heavy atom. The van der Waals surface area contributed by atoms with Gasteiger partial charge in [0.05, 0.1) is 0 Å². The minimum Gasteiger partial charge on any atom is -0.455 e. The summed E-state index contributed by atoms with van der Waals surface area (Å²) in [5.74, 6) is 1.82. The van der Waals surface area contributed by atoms with E-state index in [1.165, 1.54) is 21.9 Å². The maximum absolute atomic E-state index is 6.92. The van der Waals surface area contributed by atoms with Gasteiger partial charge in [-0.3, -0.25) is 0 Å². The highest BCUT2D eigenvalue weighted by atomic mass is 16.3. The average Bonchev–Trinajstić information content (AvgIpc) is 3.66. The highest BCUT2D eigenvalue weighted by Crippen LogP contribution is 2.46. The second kappa shape index (κ2) is 12.6. The topological polar surface area (TPSA) is 51.8 Å². The van der Waals surface area contributed by atoms with E-state index in [2.05, 4.69) is 152 Å². The Morgan fingerprint density at radius 2 is 0.818 bits per heavy atom. The summed E-state index contributed by atoms with van der Waals surface area (Å²) in [7, 11) is 0. The van der Waals surface area contributed by atoms with Gasteiger partial charge in [0.2, 0.25) is 0 Å². The molecule has 11 aromatic rings. The van der Waals surface area contributed by atoms with E-state index in [-0.39, 0.29) is 0 Å². The van der Waals surface area contributed by atoms with E-state index >= 15 is 0 Å². The summed E-state index contributed by atoms with van der Waals surface area (Å²) in [6, 6.07) is 65.6. The average molecular weight is 702 g/mol. The summed E-state index contributed by atoms with van der Waals surface area (Å²) in [5, 5.41) is 8.83. The molecule has 0 saturated carbocycles. The van der Waals surface area contributed by atoms with Crippen LogP contribution in [0.2, 0.25) is 0 Å². The van der Waals surface area contributed by atoms with E-state index < -0.39 is 0 Å². The zero-order chi connectivity index (χ0) is 36.3. The fourth-order valence-electron chi connectivity index (χ4n) is 8.11. The van der Waals surface area contributed by atoms with Crippen LogP contribution in [-0.4, -0.2) is 15.0 Å². The van der Waals surface area contributed by atoms with E-state index in [9.17, 15) is 0 Å². The van der Waals surface area contributed by atoms with Crippen molar-refractivity contribution in [1.29, 1.82) is 0 Å². The summed E-state index contributed by atoms with van der Waals surface area (Å²) in [6.07, 6.45) is 0. The molecule has 0 amide bonds. The lowest BCUT2D eigenvalue weighted by Gasteiger charge is -2.15. The second-order valence-electron chi connectivity index (χ2n) is 13.9. The van der Waals surface area contributed by atoms with Gasteiger partial charge < -0.3 is 4.42 Å². The van der Waals surface area contributed by atoms with Crippen LogP contribution in [0.15, 0.2) is 192 Å². The minimum absolute atomic E-state index is 0.594. The van der Waals surface area contributed by atoms with Gasteiger partial charge in [-0.25, -0.2) is 15.0 Å². The lowest BCUT2D eigenvalue weighted by Crippen LogP contribution is -2.01. The van der Waals surface area contributed by atoms with E-state index in [4.69, 9.17) is 19.4 Å². The van der Waals surface area contributed by atoms with Crippen molar-refractivity contribution < 1.29 is 4.42 Å². The molecule has 0 aliphatic heterocycles. The zero-order valence-corrected chi connectivity index (χ0v) is 29.6. The third kappa shape index (κ3) is 5.19. The molecule has 9 aromatic carbocycles. The highest BCUT2D eigenvalue weighted by Gasteiger charge is 2.23. The molecule has 0 unspecified atom stereocenters. The van der Waals surface area contributed by atoms with Crippen molar-refractivity contribution in [3.63, 3.8) is 0 Å². The Labute approximate surface area is 317 Å². The summed E-state index contributed by atoms with van der Waals surface area (Å²) in [4.78, 5) is 15.7. The molecule has 0 bridgehead atoms. The summed E-state index contributed by atoms with van der Waals surface area (Å²) in [5.41, 5.74) is 8.99. The van der Waals surface area contributed by atoms with Gasteiger partial charge >= 0.3 is 0 Å². The fraction of sp³-hybridized carbons (Fsp3) is 0. The standard InChI is InChI=1S/C51H31N3O/c1-4-15-32(16-5-1)35-21-14-22-37(29-35)50-52-49(34-19-8-3-9-20-34)53-51(54-50)44-31-43-39-24-11-10-23-38(39)42-30-36(33-17-6-2-7-18-33)27-28-40(42)46(43)48-47(44)41-25-12-13-26-45(41)55-48/h1-31H. The largest absolute Gasteiger partial charge is 0.455 e. The van der Waals surface area contributed by atoms with E-state index in [1.54, 1.807) is 0 Å². The van der Waals surface area contributed by atoms with Crippen LogP contribution in [0, 0.1) is 0 Å². The maximum atomic E-state index is 6.92. The van der Waals surface area contributed by atoms with Crippen LogP contribution in [0.5, 0.6) is 0 Å². The van der Waals surface area contributed by atoms with Crippen molar-refractivity contribution in [2.24, 2.45) is 0 Å². The van der Waals surface area contributed by atoms with E-state index in [1.807, 2.05) is 36.4 Å². The van der Waals surface area contributed by atoms with Crippen molar-refractivity contribution in [3.8, 4) is 56.4 Å². The smallest absolute Gasteiger partial charge is 0.164 e. The molecule has 2 heterocycles. The molecule has 0 aliphatic carbocycles. The van der Waals surface area contributed by atoms with Gasteiger partial charge in [-0.05, 0) is 73.5 Å². The molecule has 0 fully saturated rings. The van der Waals surface area contributed by atoms with Gasteiger partial charge in [0, 0.05) is 32.8 Å². The molecule has 256 valence electrons. The predicted octanol–water partition coefficient (Wildman–Crippen LogP) is 13.6. The molecule has 4 heteroatoms. The van der Waals surface area contributed by atoms with Crippen molar-refractivity contribution in [1.82, 2.24) is 15.0 Å². The number of benzene rings is 9. The number of fused-ring (bicyclic) bond motifs is 10. The lowest BCUT2D eigenvalue weighted by atomic mass is 9.89. The molecule has 0 aliphatic rings. The van der Waals surface area contributed by atoms with Crippen LogP contribution in [0.25, 0.3) is 111 Å². The minimum atomic E-state index is 0.594. The molecule has 2 aromatic heterocycles. The Morgan fingerprint density at radius 1 is 0.291 bits per heavy atom. The first-order valence-electron chi connectivity index (χ1n) is 18.5. The monoisotopic (exact) mass is 701 g/mol. The molecule has 0 saturated heterocycles. The molecule has 11 rings (SSSR count). The second-order valence-corrected chi connectivity index (χ2v) is 13.9. The summed E-state index contributed by atoms with van der Waals surface area (Å²) >= 11 is 0. The molecular weight excluding hydrogens is 671 g/mol. The van der Waals surface area contributed by atoms with Gasteiger partial charge in [0.15, 0.2) is 17.5 Å². The first-order valence-corrected chi connectivity index (χ1v) is 18.5. The zero-order valence-electron chi connectivity index (χ0n) is 29.6. The number of hydrogen-bond donors (Lipinski definition) is 0. The molecular formula is C51H31N3O. The van der Waals surface area contributed by atoms with Crippen LogP contribution in [0.3, 0.4) is 0 Å². The van der Waals surface area contributed by atoms with Crippen LogP contribution in [0.4, 0.5) is 0 Å². The maximum Gasteiger partial charge on any atom is 0.164 e. The number of aromatic nitrogens is 3. The Kier molecular flexibility index (Phi) is 7.14. The molecule has 4 nitrogen and oxygen atoms in total. The van der Waals surface area contributed by atoms with E-state index in [0.717, 1.165) is 71.3 Å². The lowest BCUT2D eigenvalue weighted by molar-refractivity contribution is 0.673. The van der Waals surface area contributed by atoms with Gasteiger partial charge in [-0.15, -0.1) is 0 Å². The van der Waals surface area contributed by atoms with E-state index in [0.29, 0.717) is 17.5 Å². The van der Waals surface area contributed by atoms with Crippen molar-refractivity contribution >= 4 is 54.3 Å². The van der Waals surface area contributed by atoms with Gasteiger partial charge in [-0.1, -0.05) is 164 Å². The van der Waals surface area contributed by atoms with Gasteiger partial charge in [0.25, 0.3) is 0 Å². The number of nitrogens with zero attached hydrogens (tertiary/aromatic N) is 3. The fourth-order valence-corrected chi connectivity index (χ4v) is 8.11. The van der Waals surface area contributed by atoms with Crippen molar-refractivity contribution in [3.05, 3.63) is 188 Å². The van der Waals surface area contributed by atoms with Gasteiger partial charge in [-0.2, -0.15) is 0 Å². The SMILES string of the molecule is c1ccc(-c2cccc(-c3nc(-c4ccccc4)nc(-c4cc5c6ccccc6c6cc(-c7ccccc7)ccc6c5c5oc6ccccc6c45)n3)c2)cc1. The molecule has 0 radical (unpaired) electrons. The van der Waals surface area contributed by atoms with Crippen LogP contribution >= 0.6 is 0 Å². The molecule has 0 N–H and O–H groups in total. The van der Waals surface area contributed by atoms with Crippen LogP contribution in [0.1, 0.15) is 0 Å². The molecule has 0 atom stereocenters. The summed E-state index contributed by atoms with van der Waals surface area (Å²) < 4.78 is 6.92. The quantitative estimate of drug-likeness (QED) is 0.168. The Hall–Kier alpha value is -7.43. The first kappa shape index (κ1) is 31.1. The van der Waals surface area contributed by atoms with Crippen molar-refractivity contribution in [2.75, 3.05) is 0 Å². The van der Waals surface area contributed by atoms with Crippen LogP contribution in [-0.2, 0) is 0 Å². The number of furan rings is 1. The third-order valence-corrected chi connectivity index (χ3v) is 10.7. The number of para-hydroxylation sites is 1. The normalized spacial score (nSPS) is 11.6. The molecule has 0 spiro atoms.